The zero-order valence-corrected chi connectivity index (χ0v) is 13.2. The van der Waals surface area contributed by atoms with E-state index in [0.29, 0.717) is 0 Å². The molecule has 0 N–H and O–H groups in total. The summed E-state index contributed by atoms with van der Waals surface area (Å²) in [7, 11) is 0. The summed E-state index contributed by atoms with van der Waals surface area (Å²) >= 11 is 0. The summed E-state index contributed by atoms with van der Waals surface area (Å²) in [6.45, 7) is 8.42. The van der Waals surface area contributed by atoms with Gasteiger partial charge in [0, 0.05) is 0 Å². The van der Waals surface area contributed by atoms with E-state index in [4.69, 9.17) is 0 Å². The largest absolute Gasteiger partial charge is 0.0890 e. The van der Waals surface area contributed by atoms with E-state index in [-0.39, 0.29) is 0 Å². The zero-order chi connectivity index (χ0) is 14.1. The molecule has 0 aromatic heterocycles. The first kappa shape index (κ1) is 16.0. The SMILES string of the molecule is CC=C(C)C.CCc1ccc(C2CCCCC2)cc1. The van der Waals surface area contributed by atoms with E-state index in [1.54, 1.807) is 5.56 Å². The molecule has 1 aliphatic rings. The molecule has 1 aromatic carbocycles. The van der Waals surface area contributed by atoms with Gasteiger partial charge in [-0.05, 0) is 57.1 Å². The molecule has 19 heavy (non-hydrogen) atoms. The van der Waals surface area contributed by atoms with Gasteiger partial charge in [0.15, 0.2) is 0 Å². The maximum atomic E-state index is 2.34. The summed E-state index contributed by atoms with van der Waals surface area (Å²) in [5, 5.41) is 0. The van der Waals surface area contributed by atoms with Crippen molar-refractivity contribution < 1.29 is 0 Å². The third kappa shape index (κ3) is 6.09. The molecule has 106 valence electrons. The molecular formula is C19H30. The number of benzene rings is 1. The van der Waals surface area contributed by atoms with E-state index >= 15 is 0 Å². The Morgan fingerprint density at radius 3 is 2.00 bits per heavy atom. The van der Waals surface area contributed by atoms with Crippen LogP contribution < -0.4 is 0 Å². The van der Waals surface area contributed by atoms with Crippen LogP contribution in [0, 0.1) is 0 Å². The van der Waals surface area contributed by atoms with Crippen LogP contribution in [0.5, 0.6) is 0 Å². The predicted octanol–water partition coefficient (Wildman–Crippen LogP) is 6.27. The molecule has 0 aliphatic heterocycles. The molecule has 0 unspecified atom stereocenters. The molecule has 1 aliphatic carbocycles. The van der Waals surface area contributed by atoms with E-state index in [0.717, 1.165) is 12.3 Å². The minimum absolute atomic E-state index is 0.856. The Balaban J connectivity index is 0.000000312. The number of hydrogen-bond donors (Lipinski definition) is 0. The van der Waals surface area contributed by atoms with Gasteiger partial charge in [-0.25, -0.2) is 0 Å². The lowest BCUT2D eigenvalue weighted by Gasteiger charge is -2.22. The van der Waals surface area contributed by atoms with Crippen LogP contribution in [-0.2, 0) is 6.42 Å². The second-order valence-corrected chi connectivity index (χ2v) is 5.80. The Labute approximate surface area is 119 Å². The standard InChI is InChI=1S/C14H20.C5H10/c1-2-12-8-10-14(11-9-12)13-6-4-3-5-7-13;1-4-5(2)3/h8-11,13H,2-7H2,1H3;4H,1-3H3. The molecule has 1 saturated carbocycles. The fourth-order valence-electron chi connectivity index (χ4n) is 2.46. The molecule has 0 heteroatoms. The minimum Gasteiger partial charge on any atom is -0.0890 e. The number of allylic oxidation sites excluding steroid dienone is 2. The second kappa shape index (κ2) is 8.96. The molecule has 0 radical (unpaired) electrons. The van der Waals surface area contributed by atoms with Gasteiger partial charge in [0.1, 0.15) is 0 Å². The Morgan fingerprint density at radius 2 is 1.58 bits per heavy atom. The van der Waals surface area contributed by atoms with Crippen molar-refractivity contribution in [3.05, 3.63) is 47.0 Å². The summed E-state index contributed by atoms with van der Waals surface area (Å²) in [5.41, 5.74) is 4.41. The normalized spacial score (nSPS) is 15.4. The molecule has 0 heterocycles. The van der Waals surface area contributed by atoms with Crippen molar-refractivity contribution in [2.45, 2.75) is 72.1 Å². The van der Waals surface area contributed by atoms with Crippen molar-refractivity contribution in [2.75, 3.05) is 0 Å². The van der Waals surface area contributed by atoms with Crippen LogP contribution in [0.3, 0.4) is 0 Å². The highest BCUT2D eigenvalue weighted by Gasteiger charge is 2.14. The highest BCUT2D eigenvalue weighted by atomic mass is 14.2. The first-order valence-corrected chi connectivity index (χ1v) is 7.85. The third-order valence-corrected chi connectivity index (χ3v) is 4.04. The summed E-state index contributed by atoms with van der Waals surface area (Å²) in [6.07, 6.45) is 10.4. The van der Waals surface area contributed by atoms with Crippen molar-refractivity contribution in [2.24, 2.45) is 0 Å². The van der Waals surface area contributed by atoms with Crippen LogP contribution in [0.1, 0.15) is 76.8 Å². The number of rotatable bonds is 2. The lowest BCUT2D eigenvalue weighted by atomic mass is 9.84. The van der Waals surface area contributed by atoms with Crippen LogP contribution in [0.2, 0.25) is 0 Å². The van der Waals surface area contributed by atoms with Crippen molar-refractivity contribution in [1.29, 1.82) is 0 Å². The smallest absolute Gasteiger partial charge is 0.0162 e. The predicted molar refractivity (Wildman–Crippen MR) is 86.8 cm³/mol. The van der Waals surface area contributed by atoms with Crippen molar-refractivity contribution in [3.8, 4) is 0 Å². The van der Waals surface area contributed by atoms with Crippen molar-refractivity contribution in [1.82, 2.24) is 0 Å². The van der Waals surface area contributed by atoms with E-state index < -0.39 is 0 Å². The fraction of sp³-hybridized carbons (Fsp3) is 0.579. The van der Waals surface area contributed by atoms with Gasteiger partial charge in [-0.2, -0.15) is 0 Å². The lowest BCUT2D eigenvalue weighted by molar-refractivity contribution is 0.443. The van der Waals surface area contributed by atoms with E-state index in [2.05, 4.69) is 51.1 Å². The van der Waals surface area contributed by atoms with Crippen LogP contribution >= 0.6 is 0 Å². The Hall–Kier alpha value is -1.04. The maximum Gasteiger partial charge on any atom is -0.0162 e. The number of aryl methyl sites for hydroxylation is 1. The summed E-state index contributed by atoms with van der Waals surface area (Å²) in [4.78, 5) is 0. The quantitative estimate of drug-likeness (QED) is 0.548. The van der Waals surface area contributed by atoms with E-state index in [1.165, 1.54) is 43.2 Å². The molecule has 0 saturated heterocycles. The first-order valence-electron chi connectivity index (χ1n) is 7.85. The van der Waals surface area contributed by atoms with Gasteiger partial charge in [0.2, 0.25) is 0 Å². The lowest BCUT2D eigenvalue weighted by Crippen LogP contribution is -2.04. The summed E-state index contributed by atoms with van der Waals surface area (Å²) in [5.74, 6) is 0.856. The molecule has 0 amide bonds. The van der Waals surface area contributed by atoms with E-state index in [9.17, 15) is 0 Å². The van der Waals surface area contributed by atoms with E-state index in [1.807, 2.05) is 6.92 Å². The molecule has 1 fully saturated rings. The van der Waals surface area contributed by atoms with Gasteiger partial charge in [-0.3, -0.25) is 0 Å². The van der Waals surface area contributed by atoms with Gasteiger partial charge in [0.25, 0.3) is 0 Å². The monoisotopic (exact) mass is 258 g/mol. The molecule has 0 bridgehead atoms. The third-order valence-electron chi connectivity index (χ3n) is 4.04. The van der Waals surface area contributed by atoms with Crippen LogP contribution in [-0.4, -0.2) is 0 Å². The minimum atomic E-state index is 0.856. The Kier molecular flexibility index (Phi) is 7.55. The first-order chi connectivity index (χ1) is 9.17. The van der Waals surface area contributed by atoms with Crippen LogP contribution in [0.4, 0.5) is 0 Å². The average Bonchev–Trinajstić information content (AvgIpc) is 2.49. The Bertz CT molecular complexity index is 360. The fourth-order valence-corrected chi connectivity index (χ4v) is 2.46. The van der Waals surface area contributed by atoms with Gasteiger partial charge < -0.3 is 0 Å². The molecule has 0 spiro atoms. The van der Waals surface area contributed by atoms with Gasteiger partial charge in [0.05, 0.1) is 0 Å². The number of hydrogen-bond acceptors (Lipinski definition) is 0. The molecule has 2 rings (SSSR count). The van der Waals surface area contributed by atoms with Crippen molar-refractivity contribution >= 4 is 0 Å². The highest BCUT2D eigenvalue weighted by molar-refractivity contribution is 5.25. The molecule has 0 nitrogen and oxygen atoms in total. The summed E-state index contributed by atoms with van der Waals surface area (Å²) < 4.78 is 0. The van der Waals surface area contributed by atoms with Crippen molar-refractivity contribution in [3.63, 3.8) is 0 Å². The zero-order valence-electron chi connectivity index (χ0n) is 13.2. The molecule has 0 atom stereocenters. The second-order valence-electron chi connectivity index (χ2n) is 5.80. The summed E-state index contributed by atoms with van der Waals surface area (Å²) in [6, 6.07) is 9.28. The topological polar surface area (TPSA) is 0 Å². The van der Waals surface area contributed by atoms with Gasteiger partial charge in [-0.1, -0.05) is 62.1 Å². The van der Waals surface area contributed by atoms with Gasteiger partial charge in [-0.15, -0.1) is 0 Å². The molecule has 1 aromatic rings. The van der Waals surface area contributed by atoms with Crippen LogP contribution in [0.15, 0.2) is 35.9 Å². The molecular weight excluding hydrogens is 228 g/mol. The van der Waals surface area contributed by atoms with Crippen LogP contribution in [0.25, 0.3) is 0 Å². The maximum absolute atomic E-state index is 2.34. The van der Waals surface area contributed by atoms with Gasteiger partial charge >= 0.3 is 0 Å². The average molecular weight is 258 g/mol. The highest BCUT2D eigenvalue weighted by Crippen LogP contribution is 2.32. The Morgan fingerprint density at radius 1 is 1.05 bits per heavy atom.